The fourth-order valence-corrected chi connectivity index (χ4v) is 3.20. The van der Waals surface area contributed by atoms with Gasteiger partial charge in [-0.15, -0.1) is 0 Å². The summed E-state index contributed by atoms with van der Waals surface area (Å²) < 4.78 is 29.8. The smallest absolute Gasteiger partial charge is 0.339 e. The highest BCUT2D eigenvalue weighted by Gasteiger charge is 2.15. The van der Waals surface area contributed by atoms with Crippen molar-refractivity contribution in [1.82, 2.24) is 0 Å². The Hall–Kier alpha value is -2.92. The Morgan fingerprint density at radius 1 is 0.880 bits per heavy atom. The van der Waals surface area contributed by atoms with Gasteiger partial charge in [-0.3, -0.25) is 4.99 Å². The summed E-state index contributed by atoms with van der Waals surface area (Å²) in [7, 11) is -3.85. The summed E-state index contributed by atoms with van der Waals surface area (Å²) in [5, 5.41) is 0. The van der Waals surface area contributed by atoms with Gasteiger partial charge in [0.15, 0.2) is 0 Å². The SMILES string of the molecule is Cc1ccccc1N=Cc1cccc(OS(=O)(=O)c2ccccc2)c1. The van der Waals surface area contributed by atoms with E-state index in [-0.39, 0.29) is 10.6 Å². The summed E-state index contributed by atoms with van der Waals surface area (Å²) in [6.07, 6.45) is 1.68. The monoisotopic (exact) mass is 351 g/mol. The summed E-state index contributed by atoms with van der Waals surface area (Å²) >= 11 is 0. The molecule has 0 N–H and O–H groups in total. The summed E-state index contributed by atoms with van der Waals surface area (Å²) in [6, 6.07) is 22.7. The van der Waals surface area contributed by atoms with Crippen molar-refractivity contribution in [2.75, 3.05) is 0 Å². The van der Waals surface area contributed by atoms with Gasteiger partial charge in [0, 0.05) is 6.21 Å². The molecule has 0 radical (unpaired) electrons. The third kappa shape index (κ3) is 4.33. The Balaban J connectivity index is 1.82. The molecule has 3 aromatic carbocycles. The minimum absolute atomic E-state index is 0.119. The Kier molecular flexibility index (Phi) is 4.95. The van der Waals surface area contributed by atoms with Crippen LogP contribution >= 0.6 is 0 Å². The van der Waals surface area contributed by atoms with Crippen molar-refractivity contribution < 1.29 is 12.6 Å². The third-order valence-corrected chi connectivity index (χ3v) is 4.83. The minimum Gasteiger partial charge on any atom is -0.379 e. The molecule has 0 aliphatic rings. The van der Waals surface area contributed by atoms with E-state index >= 15 is 0 Å². The second-order valence-corrected chi connectivity index (χ2v) is 7.01. The van der Waals surface area contributed by atoms with Gasteiger partial charge in [0.2, 0.25) is 0 Å². The lowest BCUT2D eigenvalue weighted by molar-refractivity contribution is 0.486. The normalized spacial score (nSPS) is 11.6. The molecule has 0 saturated carbocycles. The van der Waals surface area contributed by atoms with E-state index < -0.39 is 10.1 Å². The molecule has 4 nitrogen and oxygen atoms in total. The van der Waals surface area contributed by atoms with Gasteiger partial charge in [-0.05, 0) is 48.4 Å². The van der Waals surface area contributed by atoms with E-state index in [4.69, 9.17) is 4.18 Å². The standard InChI is InChI=1S/C20H17NO3S/c1-16-8-5-6-13-20(16)21-15-17-9-7-10-18(14-17)24-25(22,23)19-11-3-2-4-12-19/h2-15H,1H3. The fourth-order valence-electron chi connectivity index (χ4n) is 2.26. The summed E-state index contributed by atoms with van der Waals surface area (Å²) in [5.74, 6) is 0.248. The average molecular weight is 351 g/mol. The zero-order chi connectivity index (χ0) is 17.7. The van der Waals surface area contributed by atoms with Gasteiger partial charge in [-0.1, -0.05) is 48.5 Å². The van der Waals surface area contributed by atoms with E-state index in [1.54, 1.807) is 42.6 Å². The van der Waals surface area contributed by atoms with E-state index in [1.807, 2.05) is 37.3 Å². The van der Waals surface area contributed by atoms with Crippen molar-refractivity contribution in [3.8, 4) is 5.75 Å². The molecule has 0 fully saturated rings. The first-order valence-electron chi connectivity index (χ1n) is 7.74. The largest absolute Gasteiger partial charge is 0.379 e. The van der Waals surface area contributed by atoms with Crippen LogP contribution in [0.4, 0.5) is 5.69 Å². The minimum atomic E-state index is -3.85. The van der Waals surface area contributed by atoms with Gasteiger partial charge >= 0.3 is 10.1 Å². The first kappa shape index (κ1) is 16.9. The Bertz CT molecular complexity index is 996. The predicted molar refractivity (Wildman–Crippen MR) is 99.1 cm³/mol. The average Bonchev–Trinajstić information content (AvgIpc) is 2.62. The van der Waals surface area contributed by atoms with Crippen LogP contribution in [0.3, 0.4) is 0 Å². The number of hydrogen-bond acceptors (Lipinski definition) is 4. The number of aryl methyl sites for hydroxylation is 1. The molecule has 126 valence electrons. The maximum atomic E-state index is 12.3. The Morgan fingerprint density at radius 2 is 1.60 bits per heavy atom. The molecule has 3 rings (SSSR count). The van der Waals surface area contributed by atoms with E-state index in [0.29, 0.717) is 0 Å². The predicted octanol–water partition coefficient (Wildman–Crippen LogP) is 4.51. The van der Waals surface area contributed by atoms with E-state index in [2.05, 4.69) is 4.99 Å². The van der Waals surface area contributed by atoms with Crippen molar-refractivity contribution in [3.63, 3.8) is 0 Å². The number of rotatable bonds is 5. The van der Waals surface area contributed by atoms with Crippen LogP contribution < -0.4 is 4.18 Å². The quantitative estimate of drug-likeness (QED) is 0.502. The fraction of sp³-hybridized carbons (Fsp3) is 0.0500. The number of hydrogen-bond donors (Lipinski definition) is 0. The molecule has 0 bridgehead atoms. The van der Waals surface area contributed by atoms with Gasteiger partial charge in [-0.25, -0.2) is 0 Å². The molecule has 25 heavy (non-hydrogen) atoms. The van der Waals surface area contributed by atoms with Crippen molar-refractivity contribution >= 4 is 22.0 Å². The lowest BCUT2D eigenvalue weighted by Crippen LogP contribution is -2.09. The zero-order valence-electron chi connectivity index (χ0n) is 13.7. The maximum Gasteiger partial charge on any atom is 0.339 e. The molecule has 0 spiro atoms. The first-order valence-corrected chi connectivity index (χ1v) is 9.15. The van der Waals surface area contributed by atoms with Gasteiger partial charge in [0.05, 0.1) is 5.69 Å². The molecular formula is C20H17NO3S. The molecule has 3 aromatic rings. The molecule has 0 atom stereocenters. The molecule has 0 saturated heterocycles. The topological polar surface area (TPSA) is 55.7 Å². The van der Waals surface area contributed by atoms with Gasteiger partial charge in [0.1, 0.15) is 10.6 Å². The molecule has 0 aromatic heterocycles. The van der Waals surface area contributed by atoms with Gasteiger partial charge in [0.25, 0.3) is 0 Å². The lowest BCUT2D eigenvalue weighted by Gasteiger charge is -2.07. The highest BCUT2D eigenvalue weighted by molar-refractivity contribution is 7.87. The zero-order valence-corrected chi connectivity index (χ0v) is 14.5. The van der Waals surface area contributed by atoms with E-state index in [1.165, 1.54) is 12.1 Å². The molecule has 0 aliphatic carbocycles. The van der Waals surface area contributed by atoms with Crippen molar-refractivity contribution in [2.45, 2.75) is 11.8 Å². The lowest BCUT2D eigenvalue weighted by atomic mass is 10.2. The molecule has 0 heterocycles. The number of nitrogens with zero attached hydrogens (tertiary/aromatic N) is 1. The van der Waals surface area contributed by atoms with Crippen LogP contribution in [0.5, 0.6) is 5.75 Å². The highest BCUT2D eigenvalue weighted by Crippen LogP contribution is 2.20. The first-order chi connectivity index (χ1) is 12.0. The van der Waals surface area contributed by atoms with Crippen LogP contribution in [-0.4, -0.2) is 14.6 Å². The van der Waals surface area contributed by atoms with Crippen LogP contribution in [0.25, 0.3) is 0 Å². The van der Waals surface area contributed by atoms with E-state index in [9.17, 15) is 8.42 Å². The van der Waals surface area contributed by atoms with Crippen molar-refractivity contribution in [3.05, 3.63) is 90.0 Å². The number of para-hydroxylation sites is 1. The summed E-state index contributed by atoms with van der Waals surface area (Å²) in [4.78, 5) is 4.56. The summed E-state index contributed by atoms with van der Waals surface area (Å²) in [5.41, 5.74) is 2.69. The molecule has 5 heteroatoms. The summed E-state index contributed by atoms with van der Waals surface area (Å²) in [6.45, 7) is 1.98. The number of benzene rings is 3. The van der Waals surface area contributed by atoms with E-state index in [0.717, 1.165) is 16.8 Å². The van der Waals surface area contributed by atoms with Crippen LogP contribution in [0.2, 0.25) is 0 Å². The number of aliphatic imine (C=N–C) groups is 1. The molecule has 0 unspecified atom stereocenters. The third-order valence-electron chi connectivity index (χ3n) is 3.56. The van der Waals surface area contributed by atoms with Gasteiger partial charge < -0.3 is 4.18 Å². The van der Waals surface area contributed by atoms with Crippen molar-refractivity contribution in [2.24, 2.45) is 4.99 Å². The molecule has 0 amide bonds. The van der Waals surface area contributed by atoms with Crippen LogP contribution in [0.15, 0.2) is 88.8 Å². The maximum absolute atomic E-state index is 12.3. The van der Waals surface area contributed by atoms with Crippen LogP contribution in [0.1, 0.15) is 11.1 Å². The molecule has 0 aliphatic heterocycles. The van der Waals surface area contributed by atoms with Crippen LogP contribution in [-0.2, 0) is 10.1 Å². The molecular weight excluding hydrogens is 334 g/mol. The second-order valence-electron chi connectivity index (χ2n) is 5.47. The van der Waals surface area contributed by atoms with Crippen LogP contribution in [0, 0.1) is 6.92 Å². The Labute approximate surface area is 147 Å². The highest BCUT2D eigenvalue weighted by atomic mass is 32.2. The second kappa shape index (κ2) is 7.32. The van der Waals surface area contributed by atoms with Gasteiger partial charge in [-0.2, -0.15) is 8.42 Å². The Morgan fingerprint density at radius 3 is 2.36 bits per heavy atom. The van der Waals surface area contributed by atoms with Crippen molar-refractivity contribution in [1.29, 1.82) is 0 Å².